The van der Waals surface area contributed by atoms with Gasteiger partial charge < -0.3 is 9.47 Å². The Morgan fingerprint density at radius 1 is 1.05 bits per heavy atom. The van der Waals surface area contributed by atoms with E-state index < -0.39 is 47.4 Å². The van der Waals surface area contributed by atoms with Crippen LogP contribution in [0.15, 0.2) is 5.11 Å². The number of carbonyl (C=O) groups excluding carboxylic acids is 1. The number of esters is 1. The fourth-order valence-corrected chi connectivity index (χ4v) is 1.12. The van der Waals surface area contributed by atoms with Crippen LogP contribution >= 0.6 is 0 Å². The number of rotatable bonds is 6. The highest BCUT2D eigenvalue weighted by molar-refractivity contribution is 5.73. The highest BCUT2D eigenvalue weighted by Crippen LogP contribution is 2.29. The third kappa shape index (κ3) is 4.04. The average Bonchev–Trinajstić information content (AvgIpc) is 2.47. The van der Waals surface area contributed by atoms with Crippen LogP contribution in [0.5, 0.6) is 5.75 Å². The summed E-state index contributed by atoms with van der Waals surface area (Å²) in [6, 6.07) is 0. The molecule has 114 valence electrons. The molecule has 6 nitrogen and oxygen atoms in total. The van der Waals surface area contributed by atoms with Gasteiger partial charge in [0.05, 0.1) is 6.61 Å². The summed E-state index contributed by atoms with van der Waals surface area (Å²) in [4.78, 5) is 13.5. The zero-order valence-corrected chi connectivity index (χ0v) is 10.1. The molecule has 0 spiro atoms. The minimum Gasteiger partial charge on any atom is -0.418 e. The van der Waals surface area contributed by atoms with Crippen LogP contribution in [0.25, 0.3) is 10.4 Å². The molecule has 0 aliphatic rings. The van der Waals surface area contributed by atoms with E-state index in [1.165, 1.54) is 0 Å². The zero-order valence-electron chi connectivity index (χ0n) is 10.1. The summed E-state index contributed by atoms with van der Waals surface area (Å²) in [6.07, 6.45) is 0. The lowest BCUT2D eigenvalue weighted by Gasteiger charge is -2.08. The largest absolute Gasteiger partial charge is 0.418 e. The van der Waals surface area contributed by atoms with Crippen molar-refractivity contribution in [3.8, 4) is 5.75 Å². The van der Waals surface area contributed by atoms with E-state index in [1.807, 2.05) is 0 Å². The van der Waals surface area contributed by atoms with Crippen LogP contribution in [-0.4, -0.2) is 25.7 Å². The van der Waals surface area contributed by atoms with Crippen molar-refractivity contribution >= 4 is 5.97 Å². The summed E-state index contributed by atoms with van der Waals surface area (Å²) in [5.74, 6) is -14.5. The Hall–Kier alpha value is -2.39. The highest BCUT2D eigenvalue weighted by Gasteiger charge is 2.28. The molecule has 1 aromatic carbocycles. The first-order valence-electron chi connectivity index (χ1n) is 5.20. The molecule has 0 fully saturated rings. The van der Waals surface area contributed by atoms with E-state index >= 15 is 0 Å². The highest BCUT2D eigenvalue weighted by atomic mass is 19.2. The number of azide groups is 1. The number of halogens is 5. The Bertz CT molecular complexity index is 575. The van der Waals surface area contributed by atoms with Gasteiger partial charge in [0.15, 0.2) is 0 Å². The molecule has 0 saturated heterocycles. The third-order valence-electron chi connectivity index (χ3n) is 2.00. The zero-order chi connectivity index (χ0) is 16.0. The Kier molecular flexibility index (Phi) is 5.88. The second-order valence-corrected chi connectivity index (χ2v) is 3.38. The van der Waals surface area contributed by atoms with Gasteiger partial charge >= 0.3 is 5.97 Å². The fraction of sp³-hybridized carbons (Fsp3) is 0.300. The molecular formula is C10H6F5N3O3. The quantitative estimate of drug-likeness (QED) is 0.0931. The van der Waals surface area contributed by atoms with Gasteiger partial charge in [-0.1, -0.05) is 5.11 Å². The van der Waals surface area contributed by atoms with Gasteiger partial charge in [0, 0.05) is 11.5 Å². The predicted octanol–water partition coefficient (Wildman–Crippen LogP) is 2.61. The van der Waals surface area contributed by atoms with E-state index in [-0.39, 0.29) is 13.2 Å². The average molecular weight is 311 g/mol. The molecule has 0 atom stereocenters. The number of hydrogen-bond donors (Lipinski definition) is 0. The van der Waals surface area contributed by atoms with Gasteiger partial charge in [-0.2, -0.15) is 8.78 Å². The molecule has 0 radical (unpaired) electrons. The molecule has 11 heteroatoms. The summed E-state index contributed by atoms with van der Waals surface area (Å²) >= 11 is 0. The molecule has 1 rings (SSSR count). The van der Waals surface area contributed by atoms with Gasteiger partial charge in [-0.3, -0.25) is 0 Å². The van der Waals surface area contributed by atoms with Gasteiger partial charge in [-0.25, -0.2) is 18.0 Å². The van der Waals surface area contributed by atoms with E-state index in [0.717, 1.165) is 0 Å². The SMILES string of the molecule is [N-]=[N+]=NCCOCC(=O)Oc1c(F)c(F)c(F)c(F)c1F. The van der Waals surface area contributed by atoms with Gasteiger partial charge in [0.1, 0.15) is 6.61 Å². The van der Waals surface area contributed by atoms with Gasteiger partial charge in [-0.15, -0.1) is 0 Å². The standard InChI is InChI=1S/C10H6F5N3O3/c11-5-6(12)8(14)10(9(15)7(5)13)21-4(19)3-20-2-1-17-18-16/h1-3H2. The molecule has 0 saturated carbocycles. The number of nitrogens with zero attached hydrogens (tertiary/aromatic N) is 3. The third-order valence-corrected chi connectivity index (χ3v) is 2.00. The maximum absolute atomic E-state index is 13.2. The Morgan fingerprint density at radius 2 is 1.57 bits per heavy atom. The van der Waals surface area contributed by atoms with E-state index in [9.17, 15) is 26.7 Å². The van der Waals surface area contributed by atoms with E-state index in [1.54, 1.807) is 0 Å². The van der Waals surface area contributed by atoms with Crippen LogP contribution in [0.3, 0.4) is 0 Å². The maximum atomic E-state index is 13.2. The Labute approximate surface area is 113 Å². The van der Waals surface area contributed by atoms with Crippen molar-refractivity contribution < 1.29 is 36.2 Å². The minimum atomic E-state index is -2.37. The van der Waals surface area contributed by atoms with Crippen molar-refractivity contribution in [1.82, 2.24) is 0 Å². The van der Waals surface area contributed by atoms with Crippen LogP contribution < -0.4 is 4.74 Å². The van der Waals surface area contributed by atoms with Crippen LogP contribution in [0.1, 0.15) is 0 Å². The van der Waals surface area contributed by atoms with Crippen molar-refractivity contribution in [2.45, 2.75) is 0 Å². The molecule has 0 N–H and O–H groups in total. The van der Waals surface area contributed by atoms with Gasteiger partial charge in [0.25, 0.3) is 0 Å². The molecule has 1 aromatic rings. The lowest BCUT2D eigenvalue weighted by Crippen LogP contribution is -2.19. The number of benzene rings is 1. The van der Waals surface area contributed by atoms with Crippen molar-refractivity contribution in [3.63, 3.8) is 0 Å². The molecular weight excluding hydrogens is 305 g/mol. The van der Waals surface area contributed by atoms with Crippen LogP contribution in [0.2, 0.25) is 0 Å². The molecule has 0 bridgehead atoms. The smallest absolute Gasteiger partial charge is 0.337 e. The van der Waals surface area contributed by atoms with E-state index in [2.05, 4.69) is 19.5 Å². The first kappa shape index (κ1) is 16.7. The van der Waals surface area contributed by atoms with Crippen molar-refractivity contribution in [2.75, 3.05) is 19.8 Å². The second kappa shape index (κ2) is 7.41. The van der Waals surface area contributed by atoms with Crippen LogP contribution in [0.4, 0.5) is 22.0 Å². The summed E-state index contributed by atoms with van der Waals surface area (Å²) in [6.45, 7) is -1.15. The maximum Gasteiger partial charge on any atom is 0.337 e. The van der Waals surface area contributed by atoms with Crippen molar-refractivity contribution in [2.24, 2.45) is 5.11 Å². The van der Waals surface area contributed by atoms with E-state index in [0.29, 0.717) is 0 Å². The Morgan fingerprint density at radius 3 is 2.10 bits per heavy atom. The fourth-order valence-electron chi connectivity index (χ4n) is 1.12. The van der Waals surface area contributed by atoms with E-state index in [4.69, 9.17) is 5.53 Å². The van der Waals surface area contributed by atoms with Crippen LogP contribution in [0, 0.1) is 29.1 Å². The van der Waals surface area contributed by atoms with Gasteiger partial charge in [-0.05, 0) is 5.53 Å². The molecule has 0 aromatic heterocycles. The molecule has 0 amide bonds. The lowest BCUT2D eigenvalue weighted by atomic mass is 10.2. The summed E-state index contributed by atoms with van der Waals surface area (Å²) in [5.41, 5.74) is 7.93. The first-order valence-corrected chi connectivity index (χ1v) is 5.20. The molecule has 0 unspecified atom stereocenters. The second-order valence-electron chi connectivity index (χ2n) is 3.38. The number of hydrogen-bond acceptors (Lipinski definition) is 4. The minimum absolute atomic E-state index is 0.119. The summed E-state index contributed by atoms with van der Waals surface area (Å²) < 4.78 is 73.3. The predicted molar refractivity (Wildman–Crippen MR) is 56.7 cm³/mol. The summed E-state index contributed by atoms with van der Waals surface area (Å²) in [5, 5.41) is 3.06. The van der Waals surface area contributed by atoms with Crippen molar-refractivity contribution in [3.05, 3.63) is 39.5 Å². The van der Waals surface area contributed by atoms with Crippen LogP contribution in [-0.2, 0) is 9.53 Å². The molecule has 21 heavy (non-hydrogen) atoms. The molecule has 0 aliphatic carbocycles. The topological polar surface area (TPSA) is 84.3 Å². The summed E-state index contributed by atoms with van der Waals surface area (Å²) in [7, 11) is 0. The van der Waals surface area contributed by atoms with Crippen molar-refractivity contribution in [1.29, 1.82) is 0 Å². The number of ether oxygens (including phenoxy) is 2. The molecule has 0 heterocycles. The first-order chi connectivity index (χ1) is 9.90. The Balaban J connectivity index is 2.75. The van der Waals surface area contributed by atoms with Gasteiger partial charge in [0.2, 0.25) is 34.8 Å². The monoisotopic (exact) mass is 311 g/mol. The lowest BCUT2D eigenvalue weighted by molar-refractivity contribution is -0.139. The molecule has 0 aliphatic heterocycles. The number of carbonyl (C=O) groups is 1. The normalized spacial score (nSPS) is 10.1.